The van der Waals surface area contributed by atoms with Crippen molar-refractivity contribution in [2.45, 2.75) is 19.3 Å². The van der Waals surface area contributed by atoms with Gasteiger partial charge in [-0.1, -0.05) is 18.2 Å². The number of nitrogens with zero attached hydrogens (tertiary/aromatic N) is 1. The first-order valence-corrected chi connectivity index (χ1v) is 6.78. The summed E-state index contributed by atoms with van der Waals surface area (Å²) in [6.45, 7) is 3.34. The molecule has 1 aromatic rings. The number of amides is 1. The maximum atomic E-state index is 11.5. The Morgan fingerprint density at radius 3 is 2.37 bits per heavy atom. The second-order valence-electron chi connectivity index (χ2n) is 4.59. The van der Waals surface area contributed by atoms with Crippen LogP contribution in [-0.4, -0.2) is 49.7 Å². The highest BCUT2D eigenvalue weighted by molar-refractivity contribution is 5.96. The van der Waals surface area contributed by atoms with Gasteiger partial charge in [0.25, 0.3) is 5.91 Å². The number of aliphatic hydroxyl groups is 1. The average Bonchev–Trinajstić information content (AvgIpc) is 3.05. The molecule has 0 radical (unpaired) electrons. The Bertz CT molecular complexity index is 382. The van der Waals surface area contributed by atoms with Gasteiger partial charge < -0.3 is 15.3 Å². The van der Waals surface area contributed by atoms with Gasteiger partial charge in [0.1, 0.15) is 0 Å². The molecule has 4 heteroatoms. The summed E-state index contributed by atoms with van der Waals surface area (Å²) in [6.07, 6.45) is 3.76. The van der Waals surface area contributed by atoms with Gasteiger partial charge in [0, 0.05) is 26.3 Å². The summed E-state index contributed by atoms with van der Waals surface area (Å²) < 4.78 is 0. The van der Waals surface area contributed by atoms with Gasteiger partial charge in [0.2, 0.25) is 0 Å². The average molecular weight is 264 g/mol. The zero-order valence-corrected chi connectivity index (χ0v) is 11.9. The molecule has 1 saturated heterocycles. The van der Waals surface area contributed by atoms with Crippen molar-refractivity contribution in [3.05, 3.63) is 35.4 Å². The molecule has 1 amide bonds. The van der Waals surface area contributed by atoms with E-state index in [-0.39, 0.29) is 5.91 Å². The Kier molecular flexibility index (Phi) is 7.15. The van der Waals surface area contributed by atoms with Crippen LogP contribution in [0.3, 0.4) is 0 Å². The highest BCUT2D eigenvalue weighted by atomic mass is 16.2. The second kappa shape index (κ2) is 8.67. The summed E-state index contributed by atoms with van der Waals surface area (Å²) in [4.78, 5) is 13.3. The first-order valence-electron chi connectivity index (χ1n) is 6.78. The summed E-state index contributed by atoms with van der Waals surface area (Å²) >= 11 is 0. The van der Waals surface area contributed by atoms with Crippen LogP contribution in [0.25, 0.3) is 0 Å². The van der Waals surface area contributed by atoms with Gasteiger partial charge in [-0.25, -0.2) is 0 Å². The van der Waals surface area contributed by atoms with E-state index in [4.69, 9.17) is 5.11 Å². The fraction of sp³-hybridized carbons (Fsp3) is 0.533. The minimum absolute atomic E-state index is 0.150. The lowest BCUT2D eigenvalue weighted by Crippen LogP contribution is -2.33. The van der Waals surface area contributed by atoms with Crippen LogP contribution >= 0.6 is 0 Å². The molecule has 0 aliphatic carbocycles. The number of carbonyl (C=O) groups excluding carboxylic acids is 1. The summed E-state index contributed by atoms with van der Waals surface area (Å²) in [5.41, 5.74) is 2.05. The van der Waals surface area contributed by atoms with Crippen LogP contribution in [0.5, 0.6) is 0 Å². The van der Waals surface area contributed by atoms with Gasteiger partial charge in [-0.15, -0.1) is 0 Å². The van der Waals surface area contributed by atoms with E-state index >= 15 is 0 Å². The van der Waals surface area contributed by atoms with Gasteiger partial charge in [-0.2, -0.15) is 0 Å². The topological polar surface area (TPSA) is 52.6 Å². The normalized spacial score (nSPS) is 16.8. The van der Waals surface area contributed by atoms with Crippen molar-refractivity contribution in [1.29, 1.82) is 0 Å². The molecule has 2 aliphatic rings. The van der Waals surface area contributed by atoms with E-state index < -0.39 is 0 Å². The smallest absolute Gasteiger partial charge is 0.253 e. The fourth-order valence-electron chi connectivity index (χ4n) is 2.17. The standard InChI is InChI=1S/C10H11NO.C4H9N.CH4O/c1-11-7-6-8-4-2-3-5-9(8)10(11)12;1-2-4-5-3-1;1-2/h2-5H,6-7H2,1H3;5H,1-4H2;2H,1H3. The third kappa shape index (κ3) is 4.65. The predicted octanol–water partition coefficient (Wildman–Crippen LogP) is 1.29. The second-order valence-corrected chi connectivity index (χ2v) is 4.59. The first-order chi connectivity index (χ1) is 9.29. The zero-order valence-electron chi connectivity index (χ0n) is 11.9. The summed E-state index contributed by atoms with van der Waals surface area (Å²) in [5.74, 6) is 0.150. The van der Waals surface area contributed by atoms with Crippen LogP contribution in [0.15, 0.2) is 24.3 Å². The molecule has 106 valence electrons. The molecule has 1 aromatic carbocycles. The van der Waals surface area contributed by atoms with Gasteiger partial charge >= 0.3 is 0 Å². The monoisotopic (exact) mass is 264 g/mol. The van der Waals surface area contributed by atoms with Crippen molar-refractivity contribution in [2.75, 3.05) is 33.8 Å². The van der Waals surface area contributed by atoms with E-state index in [0.29, 0.717) is 0 Å². The number of benzene rings is 1. The molecule has 0 unspecified atom stereocenters. The number of hydrogen-bond acceptors (Lipinski definition) is 3. The maximum absolute atomic E-state index is 11.5. The largest absolute Gasteiger partial charge is 0.400 e. The number of fused-ring (bicyclic) bond motifs is 1. The van der Waals surface area contributed by atoms with Crippen molar-refractivity contribution in [1.82, 2.24) is 10.2 Å². The van der Waals surface area contributed by atoms with Crippen molar-refractivity contribution >= 4 is 5.91 Å². The number of rotatable bonds is 0. The number of carbonyl (C=O) groups is 1. The van der Waals surface area contributed by atoms with Crippen LogP contribution in [-0.2, 0) is 6.42 Å². The Balaban J connectivity index is 0.000000216. The zero-order chi connectivity index (χ0) is 14.1. The highest BCUT2D eigenvalue weighted by Crippen LogP contribution is 2.16. The molecule has 0 saturated carbocycles. The first kappa shape index (κ1) is 15.7. The number of hydrogen-bond donors (Lipinski definition) is 2. The van der Waals surface area contributed by atoms with Gasteiger partial charge in [-0.05, 0) is 44.0 Å². The van der Waals surface area contributed by atoms with Crippen LogP contribution in [0.2, 0.25) is 0 Å². The quantitative estimate of drug-likeness (QED) is 0.742. The highest BCUT2D eigenvalue weighted by Gasteiger charge is 2.19. The summed E-state index contributed by atoms with van der Waals surface area (Å²) in [6, 6.07) is 7.82. The molecule has 1 fully saturated rings. The summed E-state index contributed by atoms with van der Waals surface area (Å²) in [5, 5.41) is 10.2. The van der Waals surface area contributed by atoms with Crippen LogP contribution < -0.4 is 5.32 Å². The van der Waals surface area contributed by atoms with Crippen molar-refractivity contribution in [2.24, 2.45) is 0 Å². The van der Waals surface area contributed by atoms with Gasteiger partial charge in [0.05, 0.1) is 0 Å². The molecule has 19 heavy (non-hydrogen) atoms. The molecule has 0 atom stereocenters. The van der Waals surface area contributed by atoms with E-state index in [1.165, 1.54) is 31.5 Å². The van der Waals surface area contributed by atoms with Crippen LogP contribution in [0, 0.1) is 0 Å². The predicted molar refractivity (Wildman–Crippen MR) is 77.4 cm³/mol. The molecule has 4 nitrogen and oxygen atoms in total. The molecular formula is C15H24N2O2. The SMILES string of the molecule is C1CCNC1.CN1CCc2ccccc2C1=O.CO. The Hall–Kier alpha value is -1.39. The Morgan fingerprint density at radius 2 is 1.79 bits per heavy atom. The van der Waals surface area contributed by atoms with E-state index in [0.717, 1.165) is 25.6 Å². The third-order valence-corrected chi connectivity index (χ3v) is 3.27. The number of likely N-dealkylation sites (N-methyl/N-ethyl adjacent to an activating group) is 1. The molecule has 0 bridgehead atoms. The van der Waals surface area contributed by atoms with Crippen molar-refractivity contribution in [3.63, 3.8) is 0 Å². The minimum Gasteiger partial charge on any atom is -0.400 e. The number of nitrogens with one attached hydrogen (secondary N) is 1. The molecule has 0 spiro atoms. The molecule has 2 N–H and O–H groups in total. The van der Waals surface area contributed by atoms with E-state index in [1.54, 1.807) is 4.90 Å². The molecular weight excluding hydrogens is 240 g/mol. The Labute approximate surface area is 115 Å². The molecule has 3 rings (SSSR count). The molecule has 2 aliphatic heterocycles. The Morgan fingerprint density at radius 1 is 1.16 bits per heavy atom. The lowest BCUT2D eigenvalue weighted by Gasteiger charge is -2.24. The minimum atomic E-state index is 0.150. The van der Waals surface area contributed by atoms with Crippen LogP contribution in [0.4, 0.5) is 0 Å². The molecule has 2 heterocycles. The summed E-state index contributed by atoms with van der Waals surface area (Å²) in [7, 11) is 2.85. The van der Waals surface area contributed by atoms with Gasteiger partial charge in [-0.3, -0.25) is 4.79 Å². The maximum Gasteiger partial charge on any atom is 0.253 e. The lowest BCUT2D eigenvalue weighted by atomic mass is 10.00. The van der Waals surface area contributed by atoms with Crippen molar-refractivity contribution < 1.29 is 9.90 Å². The van der Waals surface area contributed by atoms with E-state index in [1.807, 2.05) is 31.3 Å². The van der Waals surface area contributed by atoms with E-state index in [9.17, 15) is 4.79 Å². The van der Waals surface area contributed by atoms with Crippen LogP contribution in [0.1, 0.15) is 28.8 Å². The van der Waals surface area contributed by atoms with Gasteiger partial charge in [0.15, 0.2) is 0 Å². The lowest BCUT2D eigenvalue weighted by molar-refractivity contribution is 0.0781. The number of aliphatic hydroxyl groups excluding tert-OH is 1. The third-order valence-electron chi connectivity index (χ3n) is 3.27. The van der Waals surface area contributed by atoms with E-state index in [2.05, 4.69) is 5.32 Å². The van der Waals surface area contributed by atoms with Crippen molar-refractivity contribution in [3.8, 4) is 0 Å². The molecule has 0 aromatic heterocycles. The fourth-order valence-corrected chi connectivity index (χ4v) is 2.17.